The summed E-state index contributed by atoms with van der Waals surface area (Å²) in [6, 6.07) is 17.0. The fourth-order valence-electron chi connectivity index (χ4n) is 4.02. The van der Waals surface area contributed by atoms with E-state index in [0.29, 0.717) is 5.75 Å². The Hall–Kier alpha value is -3.27. The van der Waals surface area contributed by atoms with E-state index in [-0.39, 0.29) is 33.1 Å². The quantitative estimate of drug-likeness (QED) is 0.308. The number of rotatable bonds is 10. The van der Waals surface area contributed by atoms with Gasteiger partial charge in [0.25, 0.3) is 10.0 Å². The van der Waals surface area contributed by atoms with Crippen molar-refractivity contribution in [3.63, 3.8) is 0 Å². The van der Waals surface area contributed by atoms with E-state index in [1.807, 2.05) is 27.7 Å². The zero-order chi connectivity index (χ0) is 30.5. The molecular weight excluding hydrogens is 585 g/mol. The van der Waals surface area contributed by atoms with Crippen LogP contribution in [0.3, 0.4) is 0 Å². The first-order valence-corrected chi connectivity index (χ1v) is 15.1. The smallest absolute Gasteiger partial charge is 0.264 e. The van der Waals surface area contributed by atoms with Gasteiger partial charge < -0.3 is 15.0 Å². The van der Waals surface area contributed by atoms with Crippen molar-refractivity contribution in [2.45, 2.75) is 57.6 Å². The Labute approximate surface area is 252 Å². The van der Waals surface area contributed by atoms with E-state index in [1.54, 1.807) is 56.5 Å². The first-order valence-electron chi connectivity index (χ1n) is 12.9. The van der Waals surface area contributed by atoms with Crippen LogP contribution in [0.4, 0.5) is 5.69 Å². The molecular formula is C30H35Cl2N3O5S. The lowest BCUT2D eigenvalue weighted by molar-refractivity contribution is -0.140. The maximum atomic E-state index is 14.0. The average Bonchev–Trinajstić information content (AvgIpc) is 2.91. The van der Waals surface area contributed by atoms with Crippen molar-refractivity contribution in [3.8, 4) is 5.75 Å². The number of halogens is 2. The van der Waals surface area contributed by atoms with Gasteiger partial charge in [-0.15, -0.1) is 0 Å². The predicted molar refractivity (Wildman–Crippen MR) is 163 cm³/mol. The summed E-state index contributed by atoms with van der Waals surface area (Å²) in [6.07, 6.45) is 0. The highest BCUT2D eigenvalue weighted by Crippen LogP contribution is 2.35. The van der Waals surface area contributed by atoms with E-state index in [4.69, 9.17) is 27.9 Å². The molecule has 3 aromatic rings. The van der Waals surface area contributed by atoms with Gasteiger partial charge in [0.15, 0.2) is 0 Å². The van der Waals surface area contributed by atoms with Crippen molar-refractivity contribution >= 4 is 50.7 Å². The molecule has 0 bridgehead atoms. The fraction of sp³-hybridized carbons (Fsp3) is 0.333. The molecule has 0 fully saturated rings. The summed E-state index contributed by atoms with van der Waals surface area (Å²) >= 11 is 12.7. The molecule has 41 heavy (non-hydrogen) atoms. The minimum absolute atomic E-state index is 0.0159. The van der Waals surface area contributed by atoms with Crippen LogP contribution in [0.15, 0.2) is 71.6 Å². The summed E-state index contributed by atoms with van der Waals surface area (Å²) in [5.41, 5.74) is 1.10. The molecule has 8 nitrogen and oxygen atoms in total. The zero-order valence-electron chi connectivity index (χ0n) is 23.9. The summed E-state index contributed by atoms with van der Waals surface area (Å²) in [4.78, 5) is 28.6. The van der Waals surface area contributed by atoms with Crippen LogP contribution in [0, 0.1) is 6.92 Å². The molecule has 0 spiro atoms. The van der Waals surface area contributed by atoms with Gasteiger partial charge >= 0.3 is 0 Å². The molecule has 0 heterocycles. The lowest BCUT2D eigenvalue weighted by Crippen LogP contribution is -2.54. The number of aryl methyl sites for hydroxylation is 1. The van der Waals surface area contributed by atoms with Gasteiger partial charge in [0.1, 0.15) is 18.3 Å². The largest absolute Gasteiger partial charge is 0.497 e. The molecule has 0 aliphatic carbocycles. The van der Waals surface area contributed by atoms with Crippen molar-refractivity contribution < 1.29 is 22.7 Å². The summed E-state index contributed by atoms with van der Waals surface area (Å²) in [5.74, 6) is -0.353. The minimum Gasteiger partial charge on any atom is -0.497 e. The van der Waals surface area contributed by atoms with Crippen molar-refractivity contribution in [1.82, 2.24) is 10.2 Å². The van der Waals surface area contributed by atoms with Crippen LogP contribution in [0.25, 0.3) is 0 Å². The molecule has 0 aliphatic heterocycles. The van der Waals surface area contributed by atoms with Gasteiger partial charge in [0.05, 0.1) is 27.7 Å². The maximum Gasteiger partial charge on any atom is 0.264 e. The van der Waals surface area contributed by atoms with Gasteiger partial charge in [0, 0.05) is 12.1 Å². The molecule has 0 aliphatic rings. The number of sulfonamides is 1. The first-order chi connectivity index (χ1) is 19.1. The number of methoxy groups -OCH3 is 1. The van der Waals surface area contributed by atoms with Gasteiger partial charge in [-0.2, -0.15) is 0 Å². The fourth-order valence-corrected chi connectivity index (χ4v) is 5.89. The number of nitrogens with one attached hydrogen (secondary N) is 1. The molecule has 0 saturated carbocycles. The van der Waals surface area contributed by atoms with Crippen molar-refractivity contribution in [3.05, 3.63) is 87.9 Å². The SMILES string of the molecule is COc1ccc(CN(C(=O)CN(c2cccc(Cl)c2Cl)S(=O)(=O)c2ccc(C)cc2)[C@H](C)C(=O)NC(C)(C)C)cc1. The highest BCUT2D eigenvalue weighted by atomic mass is 35.5. The first kappa shape index (κ1) is 32.2. The second-order valence-electron chi connectivity index (χ2n) is 10.7. The third-order valence-electron chi connectivity index (χ3n) is 6.27. The number of hydrogen-bond donors (Lipinski definition) is 1. The second-order valence-corrected chi connectivity index (χ2v) is 13.3. The van der Waals surface area contributed by atoms with Crippen molar-refractivity contribution in [2.75, 3.05) is 18.0 Å². The Morgan fingerprint density at radius 1 is 0.976 bits per heavy atom. The Balaban J connectivity index is 2.07. The molecule has 0 aromatic heterocycles. The molecule has 3 aromatic carbocycles. The summed E-state index contributed by atoms with van der Waals surface area (Å²) in [5, 5.41) is 3.02. The third-order valence-corrected chi connectivity index (χ3v) is 8.85. The second kappa shape index (κ2) is 13.1. The van der Waals surface area contributed by atoms with E-state index in [0.717, 1.165) is 15.4 Å². The van der Waals surface area contributed by atoms with Crippen LogP contribution in [-0.2, 0) is 26.2 Å². The van der Waals surface area contributed by atoms with E-state index < -0.39 is 34.1 Å². The Kier molecular flexibility index (Phi) is 10.3. The number of carbonyl (C=O) groups excluding carboxylic acids is 2. The highest BCUT2D eigenvalue weighted by Gasteiger charge is 2.34. The summed E-state index contributed by atoms with van der Waals surface area (Å²) in [7, 11) is -2.72. The number of benzene rings is 3. The lowest BCUT2D eigenvalue weighted by Gasteiger charge is -2.33. The van der Waals surface area contributed by atoms with Gasteiger partial charge in [-0.25, -0.2) is 8.42 Å². The number of hydrogen-bond acceptors (Lipinski definition) is 5. The molecule has 1 N–H and O–H groups in total. The van der Waals surface area contributed by atoms with Crippen LogP contribution in [0.1, 0.15) is 38.8 Å². The minimum atomic E-state index is -4.27. The lowest BCUT2D eigenvalue weighted by atomic mass is 10.1. The topological polar surface area (TPSA) is 96.0 Å². The van der Waals surface area contributed by atoms with Gasteiger partial charge in [0.2, 0.25) is 11.8 Å². The molecule has 3 rings (SSSR count). The third kappa shape index (κ3) is 8.15. The Bertz CT molecular complexity index is 1490. The molecule has 0 radical (unpaired) electrons. The molecule has 0 unspecified atom stereocenters. The summed E-state index contributed by atoms with van der Waals surface area (Å²) in [6.45, 7) is 8.38. The van der Waals surface area contributed by atoms with Crippen LogP contribution in [-0.4, -0.2) is 50.4 Å². The van der Waals surface area contributed by atoms with Crippen LogP contribution >= 0.6 is 23.2 Å². The molecule has 0 saturated heterocycles. The van der Waals surface area contributed by atoms with E-state index in [9.17, 15) is 18.0 Å². The highest BCUT2D eigenvalue weighted by molar-refractivity contribution is 7.92. The van der Waals surface area contributed by atoms with Crippen molar-refractivity contribution in [2.24, 2.45) is 0 Å². The summed E-state index contributed by atoms with van der Waals surface area (Å²) < 4.78 is 34.1. The van der Waals surface area contributed by atoms with Crippen LogP contribution in [0.5, 0.6) is 5.75 Å². The monoisotopic (exact) mass is 619 g/mol. The van der Waals surface area contributed by atoms with Gasteiger partial charge in [-0.05, 0) is 76.6 Å². The van der Waals surface area contributed by atoms with Crippen molar-refractivity contribution in [1.29, 1.82) is 0 Å². The van der Waals surface area contributed by atoms with E-state index in [1.165, 1.54) is 29.2 Å². The zero-order valence-corrected chi connectivity index (χ0v) is 26.3. The molecule has 220 valence electrons. The van der Waals surface area contributed by atoms with Crippen LogP contribution < -0.4 is 14.4 Å². The van der Waals surface area contributed by atoms with E-state index in [2.05, 4.69) is 5.32 Å². The van der Waals surface area contributed by atoms with Gasteiger partial charge in [-0.1, -0.05) is 59.1 Å². The number of nitrogens with zero attached hydrogens (tertiary/aromatic N) is 2. The average molecular weight is 621 g/mol. The Morgan fingerprint density at radius 2 is 1.59 bits per heavy atom. The molecule has 11 heteroatoms. The van der Waals surface area contributed by atoms with Crippen LogP contribution in [0.2, 0.25) is 10.0 Å². The number of ether oxygens (including phenoxy) is 1. The Morgan fingerprint density at radius 3 is 2.15 bits per heavy atom. The molecule has 1 atom stereocenters. The van der Waals surface area contributed by atoms with Gasteiger partial charge in [-0.3, -0.25) is 13.9 Å². The number of carbonyl (C=O) groups is 2. The maximum absolute atomic E-state index is 14.0. The predicted octanol–water partition coefficient (Wildman–Crippen LogP) is 5.84. The van der Waals surface area contributed by atoms with E-state index >= 15 is 0 Å². The number of amides is 2. The standard InChI is InChI=1S/C30H35Cl2N3O5S/c1-20-10-16-24(17-11-20)41(38,39)35(26-9-7-8-25(31)28(26)32)19-27(36)34(21(2)29(37)33-30(3,4)5)18-22-12-14-23(40-6)15-13-22/h7-17,21H,18-19H2,1-6H3,(H,33,37)/t21-/m1/s1. The molecule has 2 amide bonds. The normalized spacial score (nSPS) is 12.4. The number of anilines is 1.